The van der Waals surface area contributed by atoms with Crippen LogP contribution in [0.25, 0.3) is 21.8 Å². The maximum atomic E-state index is 13.2. The third kappa shape index (κ3) is 4.32. The molecule has 0 saturated heterocycles. The molecule has 5 nitrogen and oxygen atoms in total. The average molecular weight is 487 g/mol. The lowest BCUT2D eigenvalue weighted by Crippen LogP contribution is -2.13. The molecular formula is C27H22N2O3S2. The van der Waals surface area contributed by atoms with Crippen molar-refractivity contribution in [3.05, 3.63) is 103 Å². The molecule has 0 aliphatic rings. The summed E-state index contributed by atoms with van der Waals surface area (Å²) >= 11 is 1.42. The van der Waals surface area contributed by atoms with Crippen LogP contribution in [0.5, 0.6) is 0 Å². The maximum Gasteiger partial charge on any atom is 0.261 e. The molecule has 0 amide bonds. The molecule has 0 saturated carbocycles. The minimum absolute atomic E-state index is 0.00782. The highest BCUT2D eigenvalue weighted by atomic mass is 32.2. The third-order valence-corrected chi connectivity index (χ3v) is 8.02. The van der Waals surface area contributed by atoms with Crippen LogP contribution < -0.4 is 4.72 Å². The summed E-state index contributed by atoms with van der Waals surface area (Å²) in [5, 5.41) is 2.11. The standard InChI is InChI=1S/C27H22N2O3S2/c1-19-10-16-22(17-11-19)34(31,32)28-20-12-14-21(15-13-20)33-18-27(30)29-25-8-4-2-6-23(25)24-7-3-5-9-26(24)29/h2-17,28H,18H2,1H3. The number of benzene rings is 4. The minimum atomic E-state index is -3.65. The van der Waals surface area contributed by atoms with Gasteiger partial charge in [-0.25, -0.2) is 8.42 Å². The highest BCUT2D eigenvalue weighted by molar-refractivity contribution is 8.00. The highest BCUT2D eigenvalue weighted by Gasteiger charge is 2.16. The number of anilines is 1. The first-order chi connectivity index (χ1) is 16.4. The summed E-state index contributed by atoms with van der Waals surface area (Å²) in [4.78, 5) is 14.3. The number of carbonyl (C=O) groups is 1. The Bertz CT molecular complexity index is 1550. The second kappa shape index (κ2) is 9.00. The molecule has 0 aliphatic heterocycles. The Morgan fingerprint density at radius 2 is 1.35 bits per heavy atom. The smallest absolute Gasteiger partial charge is 0.261 e. The van der Waals surface area contributed by atoms with Gasteiger partial charge in [-0.2, -0.15) is 0 Å². The minimum Gasteiger partial charge on any atom is -0.280 e. The normalized spacial score (nSPS) is 11.7. The molecule has 7 heteroatoms. The summed E-state index contributed by atoms with van der Waals surface area (Å²) in [5.41, 5.74) is 3.26. The van der Waals surface area contributed by atoms with Crippen LogP contribution >= 0.6 is 11.8 Å². The second-order valence-corrected chi connectivity index (χ2v) is 10.7. The molecule has 5 aromatic rings. The van der Waals surface area contributed by atoms with E-state index in [4.69, 9.17) is 0 Å². The maximum absolute atomic E-state index is 13.2. The van der Waals surface area contributed by atoms with Gasteiger partial charge in [0.25, 0.3) is 10.0 Å². The fourth-order valence-corrected chi connectivity index (χ4v) is 5.76. The van der Waals surface area contributed by atoms with Crippen LogP contribution in [0.4, 0.5) is 5.69 Å². The Labute approximate surface area is 202 Å². The lowest BCUT2D eigenvalue weighted by molar-refractivity contribution is 0.0951. The van der Waals surface area contributed by atoms with Crippen molar-refractivity contribution >= 4 is 55.2 Å². The molecule has 0 spiro atoms. The summed E-state index contributed by atoms with van der Waals surface area (Å²) < 4.78 is 29.6. The summed E-state index contributed by atoms with van der Waals surface area (Å²) in [6, 6.07) is 29.6. The molecule has 0 radical (unpaired) electrons. The molecule has 1 aromatic heterocycles. The molecule has 0 fully saturated rings. The topological polar surface area (TPSA) is 68.2 Å². The van der Waals surface area contributed by atoms with Crippen molar-refractivity contribution in [2.75, 3.05) is 10.5 Å². The van der Waals surface area contributed by atoms with Crippen LogP contribution in [0.2, 0.25) is 0 Å². The first-order valence-corrected chi connectivity index (χ1v) is 13.2. The predicted molar refractivity (Wildman–Crippen MR) is 139 cm³/mol. The van der Waals surface area contributed by atoms with Gasteiger partial charge in [0.15, 0.2) is 0 Å². The van der Waals surface area contributed by atoms with Gasteiger partial charge in [-0.3, -0.25) is 14.1 Å². The van der Waals surface area contributed by atoms with Gasteiger partial charge in [-0.15, -0.1) is 11.8 Å². The Morgan fingerprint density at radius 3 is 1.94 bits per heavy atom. The van der Waals surface area contributed by atoms with E-state index < -0.39 is 10.0 Å². The number of aromatic nitrogens is 1. The van der Waals surface area contributed by atoms with E-state index in [0.717, 1.165) is 32.3 Å². The number of fused-ring (bicyclic) bond motifs is 3. The van der Waals surface area contributed by atoms with Gasteiger partial charge in [-0.05, 0) is 55.5 Å². The largest absolute Gasteiger partial charge is 0.280 e. The molecule has 0 unspecified atom stereocenters. The number of hydrogen-bond donors (Lipinski definition) is 1. The lowest BCUT2D eigenvalue weighted by atomic mass is 10.2. The number of nitrogens with one attached hydrogen (secondary N) is 1. The van der Waals surface area contributed by atoms with E-state index in [-0.39, 0.29) is 16.6 Å². The van der Waals surface area contributed by atoms with E-state index in [0.29, 0.717) is 5.69 Å². The highest BCUT2D eigenvalue weighted by Crippen LogP contribution is 2.30. The van der Waals surface area contributed by atoms with Crippen LogP contribution in [0, 0.1) is 6.92 Å². The van der Waals surface area contributed by atoms with Crippen molar-refractivity contribution in [1.29, 1.82) is 0 Å². The molecule has 0 atom stereocenters. The molecule has 1 heterocycles. The molecule has 5 rings (SSSR count). The quantitative estimate of drug-likeness (QED) is 0.285. The summed E-state index contributed by atoms with van der Waals surface area (Å²) in [6.45, 7) is 1.91. The summed E-state index contributed by atoms with van der Waals surface area (Å²) in [5.74, 6) is 0.253. The summed E-state index contributed by atoms with van der Waals surface area (Å²) in [6.07, 6.45) is 0. The Kier molecular flexibility index (Phi) is 5.89. The molecule has 0 aliphatic carbocycles. The third-order valence-electron chi connectivity index (χ3n) is 5.63. The Balaban J connectivity index is 1.31. The Morgan fingerprint density at radius 1 is 0.794 bits per heavy atom. The Hall–Kier alpha value is -3.55. The van der Waals surface area contributed by atoms with Crippen molar-refractivity contribution in [1.82, 2.24) is 4.57 Å². The van der Waals surface area contributed by atoms with E-state index in [9.17, 15) is 13.2 Å². The van der Waals surface area contributed by atoms with Crippen LogP contribution in [-0.2, 0) is 10.0 Å². The van der Waals surface area contributed by atoms with E-state index >= 15 is 0 Å². The van der Waals surface area contributed by atoms with Crippen LogP contribution in [0.1, 0.15) is 10.4 Å². The van der Waals surface area contributed by atoms with Gasteiger partial charge >= 0.3 is 0 Å². The predicted octanol–water partition coefficient (Wildman–Crippen LogP) is 6.34. The number of aryl methyl sites for hydroxylation is 1. The van der Waals surface area contributed by atoms with E-state index in [1.165, 1.54) is 11.8 Å². The molecule has 170 valence electrons. The van der Waals surface area contributed by atoms with Gasteiger partial charge in [0.2, 0.25) is 5.91 Å². The number of rotatable bonds is 6. The lowest BCUT2D eigenvalue weighted by Gasteiger charge is -2.09. The van der Waals surface area contributed by atoms with Gasteiger partial charge in [-0.1, -0.05) is 54.1 Å². The van der Waals surface area contributed by atoms with Crippen LogP contribution in [-0.4, -0.2) is 24.6 Å². The van der Waals surface area contributed by atoms with Crippen molar-refractivity contribution in [3.8, 4) is 0 Å². The van der Waals surface area contributed by atoms with Crippen molar-refractivity contribution in [3.63, 3.8) is 0 Å². The van der Waals surface area contributed by atoms with E-state index in [1.807, 2.05) is 67.6 Å². The molecular weight excluding hydrogens is 464 g/mol. The second-order valence-electron chi connectivity index (χ2n) is 8.00. The zero-order valence-corrected chi connectivity index (χ0v) is 20.1. The van der Waals surface area contributed by atoms with Crippen LogP contribution in [0.3, 0.4) is 0 Å². The monoisotopic (exact) mass is 486 g/mol. The van der Waals surface area contributed by atoms with Gasteiger partial charge < -0.3 is 0 Å². The SMILES string of the molecule is Cc1ccc(S(=O)(=O)Nc2ccc(SCC(=O)n3c4ccccc4c4ccccc43)cc2)cc1. The molecule has 1 N–H and O–H groups in total. The fraction of sp³-hybridized carbons (Fsp3) is 0.0741. The van der Waals surface area contributed by atoms with Crippen molar-refractivity contribution in [2.45, 2.75) is 16.7 Å². The number of thioether (sulfide) groups is 1. The van der Waals surface area contributed by atoms with E-state index in [2.05, 4.69) is 4.72 Å². The number of para-hydroxylation sites is 2. The molecule has 4 aromatic carbocycles. The first-order valence-electron chi connectivity index (χ1n) is 10.8. The molecule has 0 bridgehead atoms. The van der Waals surface area contributed by atoms with E-state index in [1.54, 1.807) is 41.0 Å². The van der Waals surface area contributed by atoms with Gasteiger partial charge in [0.1, 0.15) is 0 Å². The molecule has 34 heavy (non-hydrogen) atoms. The van der Waals surface area contributed by atoms with Gasteiger partial charge in [0, 0.05) is 21.4 Å². The first kappa shape index (κ1) is 22.3. The number of carbonyl (C=O) groups excluding carboxylic acids is 1. The zero-order chi connectivity index (χ0) is 23.7. The number of sulfonamides is 1. The van der Waals surface area contributed by atoms with Gasteiger partial charge in [0.05, 0.1) is 21.7 Å². The fourth-order valence-electron chi connectivity index (χ4n) is 3.95. The number of hydrogen-bond acceptors (Lipinski definition) is 4. The number of nitrogens with zero attached hydrogens (tertiary/aromatic N) is 1. The van der Waals surface area contributed by atoms with Crippen LogP contribution in [0.15, 0.2) is 107 Å². The van der Waals surface area contributed by atoms with Crippen molar-refractivity contribution in [2.24, 2.45) is 0 Å². The average Bonchev–Trinajstić information content (AvgIpc) is 3.18. The van der Waals surface area contributed by atoms with Crippen molar-refractivity contribution < 1.29 is 13.2 Å². The zero-order valence-electron chi connectivity index (χ0n) is 18.4. The summed E-state index contributed by atoms with van der Waals surface area (Å²) in [7, 11) is -3.65.